The summed E-state index contributed by atoms with van der Waals surface area (Å²) in [5.74, 6) is 0. The zero-order chi connectivity index (χ0) is 5.70. The van der Waals surface area contributed by atoms with Gasteiger partial charge in [0.25, 0.3) is 0 Å². The number of rotatable bonds is 2. The Morgan fingerprint density at radius 2 is 2.43 bits per heavy atom. The van der Waals surface area contributed by atoms with E-state index in [0.29, 0.717) is 0 Å². The normalized spacial score (nSPS) is 15.3. The smallest absolute Gasteiger partial charge is 0.0546 e. The van der Waals surface area contributed by atoms with Gasteiger partial charge in [-0.2, -0.15) is 0 Å². The van der Waals surface area contributed by atoms with Crippen molar-refractivity contribution in [2.75, 3.05) is 0 Å². The SMILES string of the molecule is CC(O)CC=CI. The molecule has 1 N–H and O–H groups in total. The summed E-state index contributed by atoms with van der Waals surface area (Å²) >= 11 is 2.13. The zero-order valence-electron chi connectivity index (χ0n) is 4.26. The van der Waals surface area contributed by atoms with Crippen LogP contribution in [-0.4, -0.2) is 11.2 Å². The van der Waals surface area contributed by atoms with Gasteiger partial charge >= 0.3 is 0 Å². The van der Waals surface area contributed by atoms with Crippen molar-refractivity contribution in [2.45, 2.75) is 19.4 Å². The summed E-state index contributed by atoms with van der Waals surface area (Å²) in [4.78, 5) is 0. The largest absolute Gasteiger partial charge is 0.393 e. The molecule has 0 aromatic rings. The molecule has 0 aliphatic rings. The molecule has 0 saturated heterocycles. The Labute approximate surface area is 57.6 Å². The quantitative estimate of drug-likeness (QED) is 0.690. The minimum atomic E-state index is -0.189. The van der Waals surface area contributed by atoms with Crippen LogP contribution in [0.15, 0.2) is 10.2 Å². The molecule has 1 nitrogen and oxygen atoms in total. The minimum absolute atomic E-state index is 0.189. The summed E-state index contributed by atoms with van der Waals surface area (Å²) in [6.07, 6.45) is 2.51. The molecule has 0 amide bonds. The average Bonchev–Trinajstić information content (AvgIpc) is 1.61. The first-order valence-electron chi connectivity index (χ1n) is 2.20. The molecule has 7 heavy (non-hydrogen) atoms. The van der Waals surface area contributed by atoms with Gasteiger partial charge in [-0.25, -0.2) is 0 Å². The summed E-state index contributed by atoms with van der Waals surface area (Å²) < 4.78 is 1.91. The van der Waals surface area contributed by atoms with Crippen LogP contribution in [0.1, 0.15) is 13.3 Å². The van der Waals surface area contributed by atoms with Crippen LogP contribution in [0.5, 0.6) is 0 Å². The maximum atomic E-state index is 8.63. The standard InChI is InChI=1S/C5H9IO/c1-5(7)3-2-4-6/h2,4-5,7H,3H2,1H3. The highest BCUT2D eigenvalue weighted by Crippen LogP contribution is 1.92. The highest BCUT2D eigenvalue weighted by atomic mass is 127. The van der Waals surface area contributed by atoms with E-state index in [1.165, 1.54) is 0 Å². The van der Waals surface area contributed by atoms with Crippen LogP contribution < -0.4 is 0 Å². The fourth-order valence-corrected chi connectivity index (χ4v) is 0.542. The van der Waals surface area contributed by atoms with E-state index in [0.717, 1.165) is 6.42 Å². The molecule has 0 spiro atoms. The number of aliphatic hydroxyl groups excluding tert-OH is 1. The van der Waals surface area contributed by atoms with E-state index in [1.807, 2.05) is 10.2 Å². The Bertz CT molecular complexity index is 59.1. The maximum Gasteiger partial charge on any atom is 0.0546 e. The molecule has 42 valence electrons. The van der Waals surface area contributed by atoms with Crippen molar-refractivity contribution in [3.05, 3.63) is 10.2 Å². The lowest BCUT2D eigenvalue weighted by Gasteiger charge is -1.93. The van der Waals surface area contributed by atoms with Crippen molar-refractivity contribution in [3.63, 3.8) is 0 Å². The van der Waals surface area contributed by atoms with E-state index in [2.05, 4.69) is 22.6 Å². The summed E-state index contributed by atoms with van der Waals surface area (Å²) in [6, 6.07) is 0. The van der Waals surface area contributed by atoms with Crippen LogP contribution in [0.2, 0.25) is 0 Å². The van der Waals surface area contributed by atoms with E-state index in [1.54, 1.807) is 6.92 Å². The van der Waals surface area contributed by atoms with Crippen LogP contribution in [0.4, 0.5) is 0 Å². The zero-order valence-corrected chi connectivity index (χ0v) is 6.42. The first kappa shape index (κ1) is 7.43. The molecule has 1 unspecified atom stereocenters. The fourth-order valence-electron chi connectivity index (χ4n) is 0.248. The Balaban J connectivity index is 2.97. The Morgan fingerprint density at radius 3 is 2.57 bits per heavy atom. The van der Waals surface area contributed by atoms with Gasteiger partial charge in [0, 0.05) is 0 Å². The van der Waals surface area contributed by atoms with Gasteiger partial charge in [0.15, 0.2) is 0 Å². The van der Waals surface area contributed by atoms with Gasteiger partial charge in [-0.1, -0.05) is 28.7 Å². The minimum Gasteiger partial charge on any atom is -0.393 e. The molecule has 0 bridgehead atoms. The highest BCUT2D eigenvalue weighted by molar-refractivity contribution is 14.1. The second-order valence-electron chi connectivity index (χ2n) is 1.45. The number of hydrogen-bond donors (Lipinski definition) is 1. The maximum absolute atomic E-state index is 8.63. The second kappa shape index (κ2) is 4.59. The van der Waals surface area contributed by atoms with Crippen LogP contribution >= 0.6 is 22.6 Å². The summed E-state index contributed by atoms with van der Waals surface area (Å²) in [5.41, 5.74) is 0. The molecule has 0 aliphatic heterocycles. The lowest BCUT2D eigenvalue weighted by atomic mass is 10.3. The summed E-state index contributed by atoms with van der Waals surface area (Å²) in [5, 5.41) is 8.63. The molecular formula is C5H9IO. The van der Waals surface area contributed by atoms with Gasteiger partial charge in [-0.05, 0) is 17.4 Å². The van der Waals surface area contributed by atoms with E-state index < -0.39 is 0 Å². The van der Waals surface area contributed by atoms with Gasteiger partial charge in [-0.3, -0.25) is 0 Å². The fraction of sp³-hybridized carbons (Fsp3) is 0.600. The third-order valence-corrected chi connectivity index (χ3v) is 1.07. The number of aliphatic hydroxyl groups is 1. The Kier molecular flexibility index (Phi) is 4.87. The number of halogens is 1. The van der Waals surface area contributed by atoms with Crippen LogP contribution in [0.3, 0.4) is 0 Å². The molecule has 2 heteroatoms. The molecule has 0 radical (unpaired) electrons. The van der Waals surface area contributed by atoms with Gasteiger partial charge in [0.2, 0.25) is 0 Å². The molecule has 0 heterocycles. The van der Waals surface area contributed by atoms with E-state index in [4.69, 9.17) is 5.11 Å². The Hall–Kier alpha value is 0.430. The van der Waals surface area contributed by atoms with Crippen molar-refractivity contribution < 1.29 is 5.11 Å². The van der Waals surface area contributed by atoms with Crippen LogP contribution in [0.25, 0.3) is 0 Å². The lowest BCUT2D eigenvalue weighted by Crippen LogP contribution is -1.94. The van der Waals surface area contributed by atoms with E-state index in [9.17, 15) is 0 Å². The molecule has 0 fully saturated rings. The predicted octanol–water partition coefficient (Wildman–Crippen LogP) is 1.71. The third-order valence-electron chi connectivity index (χ3n) is 0.566. The summed E-state index contributed by atoms with van der Waals surface area (Å²) in [6.45, 7) is 1.77. The highest BCUT2D eigenvalue weighted by Gasteiger charge is 1.85. The molecule has 0 saturated carbocycles. The summed E-state index contributed by atoms with van der Waals surface area (Å²) in [7, 11) is 0. The van der Waals surface area contributed by atoms with Crippen molar-refractivity contribution in [3.8, 4) is 0 Å². The van der Waals surface area contributed by atoms with Gasteiger partial charge < -0.3 is 5.11 Å². The van der Waals surface area contributed by atoms with Gasteiger partial charge in [0.05, 0.1) is 6.10 Å². The van der Waals surface area contributed by atoms with Crippen LogP contribution in [-0.2, 0) is 0 Å². The average molecular weight is 212 g/mol. The molecule has 0 aromatic heterocycles. The van der Waals surface area contributed by atoms with Crippen molar-refractivity contribution in [2.24, 2.45) is 0 Å². The predicted molar refractivity (Wildman–Crippen MR) is 39.5 cm³/mol. The number of hydrogen-bond acceptors (Lipinski definition) is 1. The molecule has 0 aliphatic carbocycles. The first-order chi connectivity index (χ1) is 3.27. The molecule has 0 aromatic carbocycles. The van der Waals surface area contributed by atoms with Crippen molar-refractivity contribution in [1.82, 2.24) is 0 Å². The first-order valence-corrected chi connectivity index (χ1v) is 3.45. The lowest BCUT2D eigenvalue weighted by molar-refractivity contribution is 0.198. The van der Waals surface area contributed by atoms with Gasteiger partial charge in [-0.15, -0.1) is 0 Å². The van der Waals surface area contributed by atoms with Crippen molar-refractivity contribution >= 4 is 22.6 Å². The second-order valence-corrected chi connectivity index (χ2v) is 2.17. The molecular weight excluding hydrogens is 203 g/mol. The van der Waals surface area contributed by atoms with Gasteiger partial charge in [0.1, 0.15) is 0 Å². The third kappa shape index (κ3) is 6.43. The Morgan fingerprint density at radius 1 is 1.86 bits per heavy atom. The molecule has 1 atom stereocenters. The van der Waals surface area contributed by atoms with E-state index in [-0.39, 0.29) is 6.10 Å². The molecule has 0 rings (SSSR count). The topological polar surface area (TPSA) is 20.2 Å². The van der Waals surface area contributed by atoms with Crippen LogP contribution in [0, 0.1) is 0 Å². The van der Waals surface area contributed by atoms with E-state index >= 15 is 0 Å². The van der Waals surface area contributed by atoms with Crippen molar-refractivity contribution in [1.29, 1.82) is 0 Å². The monoisotopic (exact) mass is 212 g/mol.